The molecule has 0 unspecified atom stereocenters. The summed E-state index contributed by atoms with van der Waals surface area (Å²) in [4.78, 5) is 27.1. The van der Waals surface area contributed by atoms with E-state index in [1.807, 2.05) is 29.2 Å². The Kier molecular flexibility index (Phi) is 6.72. The van der Waals surface area contributed by atoms with E-state index < -0.39 is 0 Å². The van der Waals surface area contributed by atoms with Gasteiger partial charge in [0.1, 0.15) is 5.75 Å². The molecule has 3 N–H and O–H groups in total. The van der Waals surface area contributed by atoms with Gasteiger partial charge in [0, 0.05) is 30.6 Å². The van der Waals surface area contributed by atoms with Crippen LogP contribution in [0.1, 0.15) is 37.7 Å². The van der Waals surface area contributed by atoms with Gasteiger partial charge in [-0.1, -0.05) is 24.6 Å². The van der Waals surface area contributed by atoms with Crippen LogP contribution < -0.4 is 15.8 Å². The van der Waals surface area contributed by atoms with Crippen molar-refractivity contribution < 1.29 is 14.3 Å². The molecule has 0 aromatic heterocycles. The Morgan fingerprint density at radius 2 is 1.93 bits per heavy atom. The number of likely N-dealkylation sites (tertiary alicyclic amines) is 1. The van der Waals surface area contributed by atoms with Crippen molar-refractivity contribution in [2.45, 2.75) is 44.6 Å². The van der Waals surface area contributed by atoms with E-state index in [-0.39, 0.29) is 23.8 Å². The summed E-state index contributed by atoms with van der Waals surface area (Å²) in [7, 11) is 1.62. The Balaban J connectivity index is 1.47. The first kappa shape index (κ1) is 19.7. The highest BCUT2D eigenvalue weighted by molar-refractivity contribution is 5.80. The molecule has 6 nitrogen and oxygen atoms in total. The predicted octanol–water partition coefficient (Wildman–Crippen LogP) is 1.72. The zero-order valence-electron chi connectivity index (χ0n) is 16.2. The monoisotopic (exact) mass is 373 g/mol. The molecule has 1 saturated carbocycles. The molecule has 0 radical (unpaired) electrons. The first-order valence-electron chi connectivity index (χ1n) is 10.0. The van der Waals surface area contributed by atoms with Crippen LogP contribution in [0.4, 0.5) is 0 Å². The maximum atomic E-state index is 12.6. The van der Waals surface area contributed by atoms with Crippen LogP contribution in [-0.4, -0.2) is 49.5 Å². The van der Waals surface area contributed by atoms with Crippen LogP contribution >= 0.6 is 0 Å². The second kappa shape index (κ2) is 9.22. The molecule has 1 heterocycles. The zero-order chi connectivity index (χ0) is 19.2. The van der Waals surface area contributed by atoms with Gasteiger partial charge >= 0.3 is 0 Å². The van der Waals surface area contributed by atoms with E-state index in [4.69, 9.17) is 10.5 Å². The highest BCUT2D eigenvalue weighted by Gasteiger charge is 2.33. The molecule has 1 aliphatic heterocycles. The standard InChI is InChI=1S/C21H31N3O3/c1-27-19-8-3-2-5-15(19)13-20(25)24-11-9-17(10-12-24)23-21(26)18-7-4-6-16(18)14-22/h2-3,5,8,16-18H,4,6-7,9-14,22H2,1H3,(H,23,26)/t16-,18-/m1/s1. The van der Waals surface area contributed by atoms with Gasteiger partial charge in [-0.3, -0.25) is 9.59 Å². The van der Waals surface area contributed by atoms with Gasteiger partial charge in [-0.25, -0.2) is 0 Å². The van der Waals surface area contributed by atoms with Crippen molar-refractivity contribution in [3.05, 3.63) is 29.8 Å². The fourth-order valence-electron chi connectivity index (χ4n) is 4.37. The number of nitrogens with two attached hydrogens (primary N) is 1. The Morgan fingerprint density at radius 1 is 1.19 bits per heavy atom. The van der Waals surface area contributed by atoms with E-state index in [2.05, 4.69) is 5.32 Å². The Hall–Kier alpha value is -2.08. The van der Waals surface area contributed by atoms with E-state index in [0.29, 0.717) is 32.0 Å². The number of nitrogens with zero attached hydrogens (tertiary/aromatic N) is 1. The third-order valence-electron chi connectivity index (χ3n) is 6.03. The maximum absolute atomic E-state index is 12.6. The highest BCUT2D eigenvalue weighted by Crippen LogP contribution is 2.31. The van der Waals surface area contributed by atoms with E-state index in [0.717, 1.165) is 43.4 Å². The lowest BCUT2D eigenvalue weighted by molar-refractivity contribution is -0.132. The number of nitrogens with one attached hydrogen (secondary N) is 1. The molecule has 2 amide bonds. The smallest absolute Gasteiger partial charge is 0.227 e. The molecular weight excluding hydrogens is 342 g/mol. The van der Waals surface area contributed by atoms with Crippen molar-refractivity contribution in [2.75, 3.05) is 26.7 Å². The second-order valence-corrected chi connectivity index (χ2v) is 7.69. The van der Waals surface area contributed by atoms with Crippen molar-refractivity contribution >= 4 is 11.8 Å². The van der Waals surface area contributed by atoms with Crippen LogP contribution in [0.2, 0.25) is 0 Å². The number of amides is 2. The number of hydrogen-bond donors (Lipinski definition) is 2. The average molecular weight is 373 g/mol. The number of carbonyl (C=O) groups excluding carboxylic acids is 2. The van der Waals surface area contributed by atoms with Crippen LogP contribution in [0.25, 0.3) is 0 Å². The predicted molar refractivity (Wildman–Crippen MR) is 104 cm³/mol. The van der Waals surface area contributed by atoms with Crippen LogP contribution in [-0.2, 0) is 16.0 Å². The molecule has 148 valence electrons. The Bertz CT molecular complexity index is 656. The van der Waals surface area contributed by atoms with Gasteiger partial charge in [-0.2, -0.15) is 0 Å². The van der Waals surface area contributed by atoms with Crippen molar-refractivity contribution in [3.63, 3.8) is 0 Å². The molecule has 1 aliphatic carbocycles. The van der Waals surface area contributed by atoms with E-state index in [1.54, 1.807) is 7.11 Å². The van der Waals surface area contributed by atoms with Crippen molar-refractivity contribution in [1.82, 2.24) is 10.2 Å². The third kappa shape index (κ3) is 4.80. The lowest BCUT2D eigenvalue weighted by atomic mass is 9.94. The lowest BCUT2D eigenvalue weighted by Gasteiger charge is -2.33. The van der Waals surface area contributed by atoms with Gasteiger partial charge in [0.25, 0.3) is 0 Å². The van der Waals surface area contributed by atoms with Gasteiger partial charge in [0.05, 0.1) is 13.5 Å². The summed E-state index contributed by atoms with van der Waals surface area (Å²) in [6, 6.07) is 7.79. The molecule has 3 rings (SSSR count). The maximum Gasteiger partial charge on any atom is 0.227 e. The van der Waals surface area contributed by atoms with Gasteiger partial charge in [-0.05, 0) is 44.2 Å². The van der Waals surface area contributed by atoms with Crippen LogP contribution in [0.3, 0.4) is 0 Å². The van der Waals surface area contributed by atoms with E-state index in [1.165, 1.54) is 0 Å². The number of benzene rings is 1. The number of carbonyl (C=O) groups is 2. The minimum atomic E-state index is 0.0696. The summed E-state index contributed by atoms with van der Waals surface area (Å²) in [5.41, 5.74) is 6.71. The van der Waals surface area contributed by atoms with E-state index >= 15 is 0 Å². The number of methoxy groups -OCH3 is 1. The number of hydrogen-bond acceptors (Lipinski definition) is 4. The summed E-state index contributed by atoms with van der Waals surface area (Å²) in [6.45, 7) is 1.96. The van der Waals surface area contributed by atoms with Gasteiger partial charge in [0.15, 0.2) is 0 Å². The van der Waals surface area contributed by atoms with Gasteiger partial charge < -0.3 is 20.7 Å². The molecule has 27 heavy (non-hydrogen) atoms. The van der Waals surface area contributed by atoms with Gasteiger partial charge in [0.2, 0.25) is 11.8 Å². The molecule has 6 heteroatoms. The lowest BCUT2D eigenvalue weighted by Crippen LogP contribution is -2.48. The largest absolute Gasteiger partial charge is 0.496 e. The number of piperidine rings is 1. The molecule has 0 bridgehead atoms. The second-order valence-electron chi connectivity index (χ2n) is 7.69. The normalized spacial score (nSPS) is 23.3. The molecular formula is C21H31N3O3. The van der Waals surface area contributed by atoms with Crippen LogP contribution in [0, 0.1) is 11.8 Å². The third-order valence-corrected chi connectivity index (χ3v) is 6.03. The minimum Gasteiger partial charge on any atom is -0.496 e. The quantitative estimate of drug-likeness (QED) is 0.795. The molecule has 2 aliphatic rings. The zero-order valence-corrected chi connectivity index (χ0v) is 16.2. The fraction of sp³-hybridized carbons (Fsp3) is 0.619. The minimum absolute atomic E-state index is 0.0696. The van der Waals surface area contributed by atoms with Gasteiger partial charge in [-0.15, -0.1) is 0 Å². The summed E-state index contributed by atoms with van der Waals surface area (Å²) in [5, 5.41) is 3.20. The number of ether oxygens (including phenoxy) is 1. The van der Waals surface area contributed by atoms with Crippen molar-refractivity contribution in [2.24, 2.45) is 17.6 Å². The number of para-hydroxylation sites is 1. The van der Waals surface area contributed by atoms with Crippen molar-refractivity contribution in [1.29, 1.82) is 0 Å². The highest BCUT2D eigenvalue weighted by atomic mass is 16.5. The SMILES string of the molecule is COc1ccccc1CC(=O)N1CCC(NC(=O)[C@@H]2CCC[C@@H]2CN)CC1. The molecule has 2 fully saturated rings. The molecule has 2 atom stereocenters. The number of rotatable bonds is 6. The Labute approximate surface area is 161 Å². The summed E-state index contributed by atoms with van der Waals surface area (Å²) in [5.74, 6) is 1.41. The van der Waals surface area contributed by atoms with E-state index in [9.17, 15) is 9.59 Å². The molecule has 1 aromatic carbocycles. The molecule has 1 aromatic rings. The first-order chi connectivity index (χ1) is 13.1. The summed E-state index contributed by atoms with van der Waals surface area (Å²) in [6.07, 6.45) is 5.07. The van der Waals surface area contributed by atoms with Crippen LogP contribution in [0.15, 0.2) is 24.3 Å². The van der Waals surface area contributed by atoms with Crippen LogP contribution in [0.5, 0.6) is 5.75 Å². The summed E-state index contributed by atoms with van der Waals surface area (Å²) >= 11 is 0. The molecule has 0 spiro atoms. The average Bonchev–Trinajstić information content (AvgIpc) is 3.18. The summed E-state index contributed by atoms with van der Waals surface area (Å²) < 4.78 is 5.33. The van der Waals surface area contributed by atoms with Crippen molar-refractivity contribution in [3.8, 4) is 5.75 Å². The fourth-order valence-corrected chi connectivity index (χ4v) is 4.37. The topological polar surface area (TPSA) is 84.7 Å². The Morgan fingerprint density at radius 3 is 2.63 bits per heavy atom. The molecule has 1 saturated heterocycles. The first-order valence-corrected chi connectivity index (χ1v) is 10.0.